The minimum Gasteiger partial charge on any atom is -0.338 e. The Labute approximate surface area is 125 Å². The summed E-state index contributed by atoms with van der Waals surface area (Å²) in [5.41, 5.74) is 0.209. The van der Waals surface area contributed by atoms with E-state index in [-0.39, 0.29) is 11.9 Å². The molecule has 3 nitrogen and oxygen atoms in total. The van der Waals surface area contributed by atoms with Gasteiger partial charge in [0, 0.05) is 12.1 Å². The van der Waals surface area contributed by atoms with Crippen LogP contribution < -0.4 is 0 Å². The zero-order valence-corrected chi connectivity index (χ0v) is 12.8. The third-order valence-electron chi connectivity index (χ3n) is 4.27. The number of carbonyl (C=O) groups is 1. The van der Waals surface area contributed by atoms with Crippen LogP contribution in [0.3, 0.4) is 0 Å². The van der Waals surface area contributed by atoms with Gasteiger partial charge >= 0.3 is 0 Å². The van der Waals surface area contributed by atoms with Crippen molar-refractivity contribution in [2.75, 3.05) is 7.05 Å². The van der Waals surface area contributed by atoms with Gasteiger partial charge in [0.1, 0.15) is 5.41 Å². The lowest BCUT2D eigenvalue weighted by molar-refractivity contribution is -0.146. The SMILES string of the molecule is CC1CC(C#N)(C(=O)N(C)C(C)c2ccc(Cl)cc2)C1. The van der Waals surface area contributed by atoms with Crippen molar-refractivity contribution in [1.29, 1.82) is 5.26 Å². The third kappa shape index (κ3) is 2.53. The molecular weight excluding hydrogens is 272 g/mol. The summed E-state index contributed by atoms with van der Waals surface area (Å²) in [4.78, 5) is 14.3. The van der Waals surface area contributed by atoms with Gasteiger partial charge in [-0.2, -0.15) is 5.26 Å². The van der Waals surface area contributed by atoms with Crippen molar-refractivity contribution in [3.8, 4) is 6.07 Å². The third-order valence-corrected chi connectivity index (χ3v) is 4.52. The van der Waals surface area contributed by atoms with Crippen LogP contribution in [0.1, 0.15) is 38.3 Å². The average molecular weight is 291 g/mol. The maximum atomic E-state index is 12.6. The second kappa shape index (κ2) is 5.46. The molecule has 1 unspecified atom stereocenters. The van der Waals surface area contributed by atoms with Crippen molar-refractivity contribution in [2.24, 2.45) is 11.3 Å². The minimum atomic E-state index is -0.811. The van der Waals surface area contributed by atoms with Crippen LogP contribution in [0.2, 0.25) is 5.02 Å². The van der Waals surface area contributed by atoms with E-state index in [0.717, 1.165) is 5.56 Å². The van der Waals surface area contributed by atoms with Gasteiger partial charge in [-0.05, 0) is 43.4 Å². The maximum Gasteiger partial charge on any atom is 0.243 e. The van der Waals surface area contributed by atoms with Crippen molar-refractivity contribution >= 4 is 17.5 Å². The number of benzene rings is 1. The van der Waals surface area contributed by atoms with Crippen molar-refractivity contribution in [1.82, 2.24) is 4.90 Å². The van der Waals surface area contributed by atoms with Gasteiger partial charge in [-0.1, -0.05) is 30.7 Å². The van der Waals surface area contributed by atoms with Crippen LogP contribution in [0.5, 0.6) is 0 Å². The number of carbonyl (C=O) groups excluding carboxylic acids is 1. The molecule has 1 amide bonds. The summed E-state index contributed by atoms with van der Waals surface area (Å²) in [6, 6.07) is 9.63. The molecule has 1 aliphatic rings. The Bertz CT molecular complexity index is 541. The topological polar surface area (TPSA) is 44.1 Å². The Morgan fingerprint density at radius 2 is 2.00 bits per heavy atom. The summed E-state index contributed by atoms with van der Waals surface area (Å²) in [6.45, 7) is 4.04. The fourth-order valence-corrected chi connectivity index (χ4v) is 3.05. The molecule has 4 heteroatoms. The molecule has 1 aromatic rings. The summed E-state index contributed by atoms with van der Waals surface area (Å²) in [5, 5.41) is 10.0. The summed E-state index contributed by atoms with van der Waals surface area (Å²) in [5.74, 6) is 0.387. The fraction of sp³-hybridized carbons (Fsp3) is 0.500. The molecule has 0 aliphatic heterocycles. The van der Waals surface area contributed by atoms with Crippen molar-refractivity contribution in [3.63, 3.8) is 0 Å². The smallest absolute Gasteiger partial charge is 0.243 e. The standard InChI is InChI=1S/C16H19ClN2O/c1-11-8-16(9-11,10-18)15(20)19(3)12(2)13-4-6-14(17)7-5-13/h4-7,11-12H,8-9H2,1-3H3. The number of nitriles is 1. The van der Waals surface area contributed by atoms with E-state index in [9.17, 15) is 10.1 Å². The number of hydrogen-bond acceptors (Lipinski definition) is 2. The normalized spacial score (nSPS) is 26.2. The Morgan fingerprint density at radius 1 is 1.45 bits per heavy atom. The summed E-state index contributed by atoms with van der Waals surface area (Å²) >= 11 is 5.88. The van der Waals surface area contributed by atoms with E-state index in [2.05, 4.69) is 13.0 Å². The largest absolute Gasteiger partial charge is 0.338 e. The van der Waals surface area contributed by atoms with Crippen molar-refractivity contribution in [3.05, 3.63) is 34.9 Å². The molecule has 0 aromatic heterocycles. The van der Waals surface area contributed by atoms with Crippen LogP contribution in [0, 0.1) is 22.7 Å². The van der Waals surface area contributed by atoms with Crippen LogP contribution >= 0.6 is 11.6 Å². The molecule has 0 heterocycles. The Kier molecular flexibility index (Phi) is 4.06. The molecule has 0 radical (unpaired) electrons. The quantitative estimate of drug-likeness (QED) is 0.850. The lowest BCUT2D eigenvalue weighted by atomic mass is 9.62. The molecule has 1 aliphatic carbocycles. The molecule has 0 saturated heterocycles. The molecule has 0 N–H and O–H groups in total. The van der Waals surface area contributed by atoms with Gasteiger partial charge in [0.15, 0.2) is 0 Å². The molecule has 1 saturated carbocycles. The van der Waals surface area contributed by atoms with E-state index < -0.39 is 5.41 Å². The minimum absolute atomic E-state index is 0.0686. The monoisotopic (exact) mass is 290 g/mol. The van der Waals surface area contributed by atoms with Gasteiger partial charge in [-0.3, -0.25) is 4.79 Å². The van der Waals surface area contributed by atoms with E-state index in [1.807, 2.05) is 31.2 Å². The molecular formula is C16H19ClN2O. The van der Waals surface area contributed by atoms with E-state index in [0.29, 0.717) is 23.8 Å². The Morgan fingerprint density at radius 3 is 2.45 bits per heavy atom. The predicted molar refractivity (Wildman–Crippen MR) is 79.1 cm³/mol. The molecule has 2 rings (SSSR count). The Hall–Kier alpha value is -1.53. The van der Waals surface area contributed by atoms with E-state index in [1.54, 1.807) is 11.9 Å². The van der Waals surface area contributed by atoms with Crippen LogP contribution in [-0.2, 0) is 4.79 Å². The van der Waals surface area contributed by atoms with Gasteiger partial charge in [-0.25, -0.2) is 0 Å². The molecule has 106 valence electrons. The van der Waals surface area contributed by atoms with Crippen LogP contribution in [0.15, 0.2) is 24.3 Å². The summed E-state index contributed by atoms with van der Waals surface area (Å²) in [6.07, 6.45) is 1.33. The number of amides is 1. The number of hydrogen-bond donors (Lipinski definition) is 0. The lowest BCUT2D eigenvalue weighted by Crippen LogP contribution is -2.49. The first kappa shape index (κ1) is 14.9. The van der Waals surface area contributed by atoms with E-state index in [4.69, 9.17) is 11.6 Å². The highest BCUT2D eigenvalue weighted by molar-refractivity contribution is 6.30. The second-order valence-electron chi connectivity index (χ2n) is 5.85. The predicted octanol–water partition coefficient (Wildman–Crippen LogP) is 3.80. The highest BCUT2D eigenvalue weighted by Gasteiger charge is 2.50. The molecule has 1 fully saturated rings. The molecule has 1 aromatic carbocycles. The lowest BCUT2D eigenvalue weighted by Gasteiger charge is -2.42. The summed E-state index contributed by atoms with van der Waals surface area (Å²) < 4.78 is 0. The molecule has 20 heavy (non-hydrogen) atoms. The average Bonchev–Trinajstić information content (AvgIpc) is 2.42. The van der Waals surface area contributed by atoms with Crippen molar-refractivity contribution in [2.45, 2.75) is 32.7 Å². The maximum absolute atomic E-state index is 12.6. The van der Waals surface area contributed by atoms with Gasteiger partial charge in [0.05, 0.1) is 12.1 Å². The first-order chi connectivity index (χ1) is 9.39. The first-order valence-corrected chi connectivity index (χ1v) is 7.21. The zero-order chi connectivity index (χ0) is 14.9. The van der Waals surface area contributed by atoms with E-state index >= 15 is 0 Å². The van der Waals surface area contributed by atoms with Gasteiger partial charge in [0.25, 0.3) is 0 Å². The second-order valence-corrected chi connectivity index (χ2v) is 6.29. The zero-order valence-electron chi connectivity index (χ0n) is 12.1. The highest BCUT2D eigenvalue weighted by atomic mass is 35.5. The fourth-order valence-electron chi connectivity index (χ4n) is 2.92. The molecule has 0 spiro atoms. The number of nitrogens with zero attached hydrogens (tertiary/aromatic N) is 2. The number of halogens is 1. The highest BCUT2D eigenvalue weighted by Crippen LogP contribution is 2.46. The van der Waals surface area contributed by atoms with E-state index in [1.165, 1.54) is 0 Å². The van der Waals surface area contributed by atoms with Crippen LogP contribution in [0.25, 0.3) is 0 Å². The first-order valence-electron chi connectivity index (χ1n) is 6.83. The van der Waals surface area contributed by atoms with Gasteiger partial charge in [0.2, 0.25) is 5.91 Å². The van der Waals surface area contributed by atoms with Gasteiger partial charge < -0.3 is 4.90 Å². The summed E-state index contributed by atoms with van der Waals surface area (Å²) in [7, 11) is 1.77. The van der Waals surface area contributed by atoms with Crippen molar-refractivity contribution < 1.29 is 4.79 Å². The Balaban J connectivity index is 2.14. The van der Waals surface area contributed by atoms with Gasteiger partial charge in [-0.15, -0.1) is 0 Å². The molecule has 1 atom stereocenters. The molecule has 0 bridgehead atoms. The van der Waals surface area contributed by atoms with Crippen LogP contribution in [0.4, 0.5) is 0 Å². The van der Waals surface area contributed by atoms with Crippen LogP contribution in [-0.4, -0.2) is 17.9 Å². The number of rotatable bonds is 3.